The van der Waals surface area contributed by atoms with Gasteiger partial charge in [0.15, 0.2) is 0 Å². The van der Waals surface area contributed by atoms with E-state index in [0.717, 1.165) is 6.54 Å². The number of hydrogen-bond acceptors (Lipinski definition) is 2. The van der Waals surface area contributed by atoms with Gasteiger partial charge in [0.05, 0.1) is 11.4 Å². The number of hydrogen-bond donors (Lipinski definition) is 0. The highest BCUT2D eigenvalue weighted by atomic mass is 15.1. The van der Waals surface area contributed by atoms with Crippen LogP contribution in [-0.2, 0) is 0 Å². The van der Waals surface area contributed by atoms with Gasteiger partial charge in [-0.25, -0.2) is 0 Å². The van der Waals surface area contributed by atoms with E-state index in [9.17, 15) is 0 Å². The first-order chi connectivity index (χ1) is 6.16. The van der Waals surface area contributed by atoms with E-state index in [0.29, 0.717) is 0 Å². The molecule has 0 saturated carbocycles. The Bertz CT molecular complexity index is 269. The van der Waals surface area contributed by atoms with E-state index >= 15 is 0 Å². The van der Waals surface area contributed by atoms with E-state index in [4.69, 9.17) is 0 Å². The van der Waals surface area contributed by atoms with E-state index < -0.39 is 0 Å². The molecule has 0 aliphatic heterocycles. The van der Waals surface area contributed by atoms with Gasteiger partial charge in [-0.1, -0.05) is 12.1 Å². The molecule has 0 amide bonds. The Balaban J connectivity index is 3.04. The number of nitrogens with zero attached hydrogens (tertiary/aromatic N) is 2. The van der Waals surface area contributed by atoms with Crippen LogP contribution in [0, 0.1) is 0 Å². The zero-order valence-corrected chi connectivity index (χ0v) is 8.91. The lowest BCUT2D eigenvalue weighted by Crippen LogP contribution is -2.20. The molecule has 1 aromatic rings. The van der Waals surface area contributed by atoms with Crippen LogP contribution >= 0.6 is 0 Å². The van der Waals surface area contributed by atoms with E-state index in [1.807, 2.05) is 0 Å². The molecule has 0 atom stereocenters. The molecule has 0 unspecified atom stereocenters. The van der Waals surface area contributed by atoms with Crippen molar-refractivity contribution in [1.82, 2.24) is 0 Å². The van der Waals surface area contributed by atoms with Gasteiger partial charge < -0.3 is 9.80 Å². The van der Waals surface area contributed by atoms with Crippen LogP contribution in [0.4, 0.5) is 11.4 Å². The fourth-order valence-electron chi connectivity index (χ4n) is 1.34. The zero-order valence-electron chi connectivity index (χ0n) is 8.91. The molecule has 0 bridgehead atoms. The predicted molar refractivity (Wildman–Crippen MR) is 59.7 cm³/mol. The van der Waals surface area contributed by atoms with Gasteiger partial charge in [-0.15, -0.1) is 0 Å². The minimum Gasteiger partial charge on any atom is -0.376 e. The molecule has 72 valence electrons. The maximum atomic E-state index is 2.25. The average molecular weight is 178 g/mol. The Morgan fingerprint density at radius 2 is 1.54 bits per heavy atom. The number of rotatable bonds is 3. The molecule has 0 fully saturated rings. The third-order valence-electron chi connectivity index (χ3n) is 2.25. The van der Waals surface area contributed by atoms with Gasteiger partial charge in [0.1, 0.15) is 0 Å². The summed E-state index contributed by atoms with van der Waals surface area (Å²) in [5.74, 6) is 0. The van der Waals surface area contributed by atoms with Crippen molar-refractivity contribution in [3.63, 3.8) is 0 Å². The largest absolute Gasteiger partial charge is 0.376 e. The first-order valence-corrected chi connectivity index (χ1v) is 4.64. The smallest absolute Gasteiger partial charge is 0.0601 e. The summed E-state index contributed by atoms with van der Waals surface area (Å²) < 4.78 is 0. The zero-order chi connectivity index (χ0) is 9.84. The van der Waals surface area contributed by atoms with Crippen molar-refractivity contribution in [2.24, 2.45) is 0 Å². The molecule has 2 heteroatoms. The van der Waals surface area contributed by atoms with Gasteiger partial charge in [0.25, 0.3) is 0 Å². The molecule has 1 rings (SSSR count). The van der Waals surface area contributed by atoms with Crippen LogP contribution in [0.15, 0.2) is 24.3 Å². The van der Waals surface area contributed by atoms with Crippen LogP contribution in [0.1, 0.15) is 6.92 Å². The minimum absolute atomic E-state index is 1.03. The molecule has 13 heavy (non-hydrogen) atoms. The van der Waals surface area contributed by atoms with Gasteiger partial charge in [0.2, 0.25) is 0 Å². The highest BCUT2D eigenvalue weighted by Gasteiger charge is 2.05. The highest BCUT2D eigenvalue weighted by Crippen LogP contribution is 2.26. The molecular formula is C11H18N2. The maximum absolute atomic E-state index is 2.25. The topological polar surface area (TPSA) is 6.48 Å². The summed E-state index contributed by atoms with van der Waals surface area (Å²) in [5.41, 5.74) is 2.56. The monoisotopic (exact) mass is 178 g/mol. The molecule has 0 heterocycles. The molecule has 0 radical (unpaired) electrons. The van der Waals surface area contributed by atoms with Crippen molar-refractivity contribution in [3.8, 4) is 0 Å². The molecule has 1 aromatic carbocycles. The van der Waals surface area contributed by atoms with Crippen molar-refractivity contribution in [3.05, 3.63) is 24.3 Å². The van der Waals surface area contributed by atoms with E-state index in [2.05, 4.69) is 62.1 Å². The summed E-state index contributed by atoms with van der Waals surface area (Å²) in [6, 6.07) is 8.44. The summed E-state index contributed by atoms with van der Waals surface area (Å²) in [6.45, 7) is 3.19. The first-order valence-electron chi connectivity index (χ1n) is 4.64. The van der Waals surface area contributed by atoms with Crippen LogP contribution < -0.4 is 9.80 Å². The number of para-hydroxylation sites is 2. The van der Waals surface area contributed by atoms with Crippen LogP contribution in [0.5, 0.6) is 0 Å². The fraction of sp³-hybridized carbons (Fsp3) is 0.455. The Kier molecular flexibility index (Phi) is 3.18. The Morgan fingerprint density at radius 3 is 2.00 bits per heavy atom. The van der Waals surface area contributed by atoms with Gasteiger partial charge in [0, 0.05) is 27.7 Å². The molecule has 0 spiro atoms. The second-order valence-corrected chi connectivity index (χ2v) is 3.40. The Hall–Kier alpha value is -1.18. The van der Waals surface area contributed by atoms with Crippen molar-refractivity contribution in [1.29, 1.82) is 0 Å². The third-order valence-corrected chi connectivity index (χ3v) is 2.25. The average Bonchev–Trinajstić information content (AvgIpc) is 2.16. The van der Waals surface area contributed by atoms with Crippen molar-refractivity contribution in [2.75, 3.05) is 37.5 Å². The molecule has 0 aliphatic rings. The molecule has 0 aliphatic carbocycles. The van der Waals surface area contributed by atoms with Crippen LogP contribution in [0.2, 0.25) is 0 Å². The first kappa shape index (κ1) is 9.90. The molecular weight excluding hydrogens is 160 g/mol. The molecule has 0 saturated heterocycles. The third kappa shape index (κ3) is 2.14. The quantitative estimate of drug-likeness (QED) is 0.700. The highest BCUT2D eigenvalue weighted by molar-refractivity contribution is 5.70. The summed E-state index contributed by atoms with van der Waals surface area (Å²) in [6.07, 6.45) is 0. The molecule has 0 N–H and O–H groups in total. The van der Waals surface area contributed by atoms with Crippen LogP contribution in [0.25, 0.3) is 0 Å². The molecule has 0 aromatic heterocycles. The minimum atomic E-state index is 1.03. The SMILES string of the molecule is CCN(C)c1ccccc1N(C)C. The van der Waals surface area contributed by atoms with Crippen molar-refractivity contribution >= 4 is 11.4 Å². The number of anilines is 2. The Morgan fingerprint density at radius 1 is 1.00 bits per heavy atom. The predicted octanol–water partition coefficient (Wildman–Crippen LogP) is 2.21. The fourth-order valence-corrected chi connectivity index (χ4v) is 1.34. The van der Waals surface area contributed by atoms with E-state index in [-0.39, 0.29) is 0 Å². The van der Waals surface area contributed by atoms with E-state index in [1.165, 1.54) is 11.4 Å². The molecule has 2 nitrogen and oxygen atoms in total. The van der Waals surface area contributed by atoms with Gasteiger partial charge >= 0.3 is 0 Å². The van der Waals surface area contributed by atoms with Gasteiger partial charge in [-0.05, 0) is 19.1 Å². The van der Waals surface area contributed by atoms with Crippen LogP contribution in [-0.4, -0.2) is 27.7 Å². The van der Waals surface area contributed by atoms with Gasteiger partial charge in [-0.2, -0.15) is 0 Å². The standard InChI is InChI=1S/C11H18N2/c1-5-13(4)11-9-7-6-8-10(11)12(2)3/h6-9H,5H2,1-4H3. The lowest BCUT2D eigenvalue weighted by molar-refractivity contribution is 0.959. The lowest BCUT2D eigenvalue weighted by atomic mass is 10.2. The number of benzene rings is 1. The Labute approximate surface area is 80.8 Å². The summed E-state index contributed by atoms with van der Waals surface area (Å²) >= 11 is 0. The summed E-state index contributed by atoms with van der Waals surface area (Å²) in [5, 5.41) is 0. The van der Waals surface area contributed by atoms with Gasteiger partial charge in [-0.3, -0.25) is 0 Å². The van der Waals surface area contributed by atoms with Crippen molar-refractivity contribution in [2.45, 2.75) is 6.92 Å². The summed E-state index contributed by atoms with van der Waals surface area (Å²) in [7, 11) is 6.26. The van der Waals surface area contributed by atoms with Crippen molar-refractivity contribution < 1.29 is 0 Å². The second kappa shape index (κ2) is 4.17. The maximum Gasteiger partial charge on any atom is 0.0601 e. The summed E-state index contributed by atoms with van der Waals surface area (Å²) in [4.78, 5) is 4.39. The normalized spacial score (nSPS) is 9.85. The van der Waals surface area contributed by atoms with E-state index in [1.54, 1.807) is 0 Å². The van der Waals surface area contributed by atoms with Crippen LogP contribution in [0.3, 0.4) is 0 Å². The lowest BCUT2D eigenvalue weighted by Gasteiger charge is -2.24. The second-order valence-electron chi connectivity index (χ2n) is 3.40.